The first kappa shape index (κ1) is 23.7. The van der Waals surface area contributed by atoms with E-state index in [1.165, 1.54) is 12.4 Å². The van der Waals surface area contributed by atoms with E-state index in [4.69, 9.17) is 9.72 Å². The maximum atomic E-state index is 13.1. The molecule has 9 nitrogen and oxygen atoms in total. The lowest BCUT2D eigenvalue weighted by atomic mass is 9.94. The SMILES string of the molecule is O=C(Nc1ccc(-c2nc(C3CCOCC3)c3cnn(CC(F)(F)F)c3n2)cc1)Nc1cccnc1. The zero-order valence-electron chi connectivity index (χ0n) is 19.0. The molecule has 3 aromatic heterocycles. The summed E-state index contributed by atoms with van der Waals surface area (Å²) >= 11 is 0. The van der Waals surface area contributed by atoms with Crippen molar-refractivity contribution in [1.82, 2.24) is 24.7 Å². The molecule has 36 heavy (non-hydrogen) atoms. The van der Waals surface area contributed by atoms with Crippen LogP contribution in [0.3, 0.4) is 0 Å². The predicted molar refractivity (Wildman–Crippen MR) is 126 cm³/mol. The highest BCUT2D eigenvalue weighted by Gasteiger charge is 2.31. The Hall–Kier alpha value is -4.06. The monoisotopic (exact) mass is 497 g/mol. The second-order valence-corrected chi connectivity index (χ2v) is 8.37. The van der Waals surface area contributed by atoms with Crippen LogP contribution < -0.4 is 10.6 Å². The Morgan fingerprint density at radius 3 is 2.47 bits per heavy atom. The third kappa shape index (κ3) is 5.43. The van der Waals surface area contributed by atoms with Gasteiger partial charge in [-0.25, -0.2) is 19.4 Å². The van der Waals surface area contributed by atoms with Gasteiger partial charge in [0.1, 0.15) is 6.54 Å². The fourth-order valence-electron chi connectivity index (χ4n) is 4.11. The number of pyridine rings is 1. The number of alkyl halides is 3. The molecule has 1 aliphatic heterocycles. The summed E-state index contributed by atoms with van der Waals surface area (Å²) in [4.78, 5) is 25.4. The van der Waals surface area contributed by atoms with E-state index in [2.05, 4.69) is 25.7 Å². The standard InChI is InChI=1S/C24H22F3N7O2/c25-24(26,27)14-34-22-19(13-29-34)20(15-7-10-36-11-8-15)32-21(33-22)16-3-5-17(6-4-16)30-23(35)31-18-2-1-9-28-12-18/h1-6,9,12-13,15H,7-8,10-11,14H2,(H2,30,31,35). The van der Waals surface area contributed by atoms with Crippen LogP contribution in [0, 0.1) is 0 Å². The van der Waals surface area contributed by atoms with Gasteiger partial charge in [0.05, 0.1) is 29.2 Å². The van der Waals surface area contributed by atoms with Crippen LogP contribution in [0.25, 0.3) is 22.4 Å². The van der Waals surface area contributed by atoms with Gasteiger partial charge in [0, 0.05) is 36.6 Å². The van der Waals surface area contributed by atoms with Gasteiger partial charge in [0.2, 0.25) is 0 Å². The van der Waals surface area contributed by atoms with E-state index < -0.39 is 18.8 Å². The lowest BCUT2D eigenvalue weighted by molar-refractivity contribution is -0.141. The van der Waals surface area contributed by atoms with Gasteiger partial charge in [-0.15, -0.1) is 0 Å². The van der Waals surface area contributed by atoms with Crippen LogP contribution in [0.4, 0.5) is 29.3 Å². The molecule has 0 atom stereocenters. The Kier molecular flexibility index (Phi) is 6.51. The molecule has 0 aliphatic carbocycles. The Balaban J connectivity index is 1.43. The van der Waals surface area contributed by atoms with Crippen LogP contribution in [-0.4, -0.2) is 50.2 Å². The van der Waals surface area contributed by atoms with E-state index in [9.17, 15) is 18.0 Å². The third-order valence-electron chi connectivity index (χ3n) is 5.78. The third-order valence-corrected chi connectivity index (χ3v) is 5.78. The largest absolute Gasteiger partial charge is 0.408 e. The van der Waals surface area contributed by atoms with E-state index in [1.54, 1.807) is 42.6 Å². The molecule has 1 aromatic carbocycles. The minimum absolute atomic E-state index is 0.0312. The number of rotatable bonds is 5. The molecule has 2 amide bonds. The maximum absolute atomic E-state index is 13.1. The number of carbonyl (C=O) groups is 1. The molecule has 4 aromatic rings. The number of nitrogens with one attached hydrogen (secondary N) is 2. The number of aromatic nitrogens is 5. The number of hydrogen-bond donors (Lipinski definition) is 2. The molecule has 0 unspecified atom stereocenters. The molecular formula is C24H22F3N7O2. The first-order valence-electron chi connectivity index (χ1n) is 11.3. The van der Waals surface area contributed by atoms with Gasteiger partial charge in [0.25, 0.3) is 0 Å². The molecule has 1 aliphatic rings. The average Bonchev–Trinajstić information content (AvgIpc) is 3.26. The summed E-state index contributed by atoms with van der Waals surface area (Å²) in [5, 5.41) is 9.86. The van der Waals surface area contributed by atoms with Crippen molar-refractivity contribution >= 4 is 28.4 Å². The van der Waals surface area contributed by atoms with Crippen LogP contribution in [0.2, 0.25) is 0 Å². The number of urea groups is 1. The van der Waals surface area contributed by atoms with Gasteiger partial charge < -0.3 is 15.4 Å². The van der Waals surface area contributed by atoms with Gasteiger partial charge in [-0.3, -0.25) is 4.98 Å². The molecule has 0 saturated carbocycles. The number of amides is 2. The molecule has 5 rings (SSSR count). The molecule has 12 heteroatoms. The van der Waals surface area contributed by atoms with Crippen LogP contribution in [0.1, 0.15) is 24.5 Å². The lowest BCUT2D eigenvalue weighted by Crippen LogP contribution is -2.19. The number of benzene rings is 1. The van der Waals surface area contributed by atoms with Crippen molar-refractivity contribution in [2.24, 2.45) is 0 Å². The quantitative estimate of drug-likeness (QED) is 0.402. The van der Waals surface area contributed by atoms with E-state index in [1.807, 2.05) is 0 Å². The normalized spacial score (nSPS) is 14.6. The predicted octanol–water partition coefficient (Wildman–Crippen LogP) is 4.99. The smallest absolute Gasteiger partial charge is 0.381 e. The summed E-state index contributed by atoms with van der Waals surface area (Å²) in [7, 11) is 0. The van der Waals surface area contributed by atoms with Gasteiger partial charge >= 0.3 is 12.2 Å². The van der Waals surface area contributed by atoms with Crippen LogP contribution in [0.5, 0.6) is 0 Å². The second kappa shape index (κ2) is 9.90. The van der Waals surface area contributed by atoms with Crippen LogP contribution in [0.15, 0.2) is 55.0 Å². The summed E-state index contributed by atoms with van der Waals surface area (Å²) in [6, 6.07) is 9.74. The molecular weight excluding hydrogens is 475 g/mol. The number of hydrogen-bond acceptors (Lipinski definition) is 6. The summed E-state index contributed by atoms with van der Waals surface area (Å²) in [6.45, 7) is -0.123. The Morgan fingerprint density at radius 1 is 1.03 bits per heavy atom. The zero-order valence-corrected chi connectivity index (χ0v) is 19.0. The van der Waals surface area contributed by atoms with Crippen LogP contribution >= 0.6 is 0 Å². The van der Waals surface area contributed by atoms with Gasteiger partial charge in [-0.05, 0) is 49.2 Å². The topological polar surface area (TPSA) is 107 Å². The van der Waals surface area contributed by atoms with Crippen molar-refractivity contribution in [3.63, 3.8) is 0 Å². The van der Waals surface area contributed by atoms with Crippen molar-refractivity contribution < 1.29 is 22.7 Å². The lowest BCUT2D eigenvalue weighted by Gasteiger charge is -2.22. The summed E-state index contributed by atoms with van der Waals surface area (Å²) < 4.78 is 45.8. The fraction of sp³-hybridized carbons (Fsp3) is 0.292. The molecule has 0 bridgehead atoms. The average molecular weight is 497 g/mol. The number of halogens is 3. The van der Waals surface area contributed by atoms with E-state index in [0.29, 0.717) is 59.9 Å². The van der Waals surface area contributed by atoms with Crippen molar-refractivity contribution in [3.8, 4) is 11.4 Å². The number of carbonyl (C=O) groups excluding carboxylic acids is 1. The summed E-state index contributed by atoms with van der Waals surface area (Å²) in [5.41, 5.74) is 2.47. The fourth-order valence-corrected chi connectivity index (χ4v) is 4.11. The van der Waals surface area contributed by atoms with Crippen molar-refractivity contribution in [2.75, 3.05) is 23.8 Å². The Morgan fingerprint density at radius 2 is 1.78 bits per heavy atom. The molecule has 186 valence electrons. The van der Waals surface area contributed by atoms with Crippen molar-refractivity contribution in [1.29, 1.82) is 0 Å². The van der Waals surface area contributed by atoms with Gasteiger partial charge in [0.15, 0.2) is 11.5 Å². The highest BCUT2D eigenvalue weighted by Crippen LogP contribution is 2.33. The maximum Gasteiger partial charge on any atom is 0.408 e. The highest BCUT2D eigenvalue weighted by molar-refractivity contribution is 5.99. The van der Waals surface area contributed by atoms with Gasteiger partial charge in [-0.1, -0.05) is 0 Å². The van der Waals surface area contributed by atoms with E-state index in [0.717, 1.165) is 4.68 Å². The minimum Gasteiger partial charge on any atom is -0.381 e. The summed E-state index contributed by atoms with van der Waals surface area (Å²) in [5.74, 6) is 0.322. The summed E-state index contributed by atoms with van der Waals surface area (Å²) in [6.07, 6.45) is 1.52. The number of nitrogens with zero attached hydrogens (tertiary/aromatic N) is 5. The molecule has 0 radical (unpaired) electrons. The molecule has 4 heterocycles. The number of ether oxygens (including phenoxy) is 1. The molecule has 1 saturated heterocycles. The molecule has 2 N–H and O–H groups in total. The molecule has 1 fully saturated rings. The minimum atomic E-state index is -4.44. The number of fused-ring (bicyclic) bond motifs is 1. The second-order valence-electron chi connectivity index (χ2n) is 8.37. The Labute approximate surface area is 203 Å². The zero-order chi connectivity index (χ0) is 25.1. The first-order valence-corrected chi connectivity index (χ1v) is 11.3. The van der Waals surface area contributed by atoms with Crippen molar-refractivity contribution in [3.05, 3.63) is 60.7 Å². The first-order chi connectivity index (χ1) is 17.4. The van der Waals surface area contributed by atoms with Gasteiger partial charge in [-0.2, -0.15) is 18.3 Å². The number of anilines is 2. The molecule has 0 spiro atoms. The Bertz CT molecular complexity index is 1350. The van der Waals surface area contributed by atoms with E-state index >= 15 is 0 Å². The van der Waals surface area contributed by atoms with E-state index in [-0.39, 0.29) is 11.6 Å². The highest BCUT2D eigenvalue weighted by atomic mass is 19.4. The van der Waals surface area contributed by atoms with Crippen molar-refractivity contribution in [2.45, 2.75) is 31.5 Å². The van der Waals surface area contributed by atoms with Crippen LogP contribution in [-0.2, 0) is 11.3 Å².